The number of ether oxygens (including phenoxy) is 2. The van der Waals surface area contributed by atoms with E-state index in [1.165, 1.54) is 0 Å². The fraction of sp³-hybridized carbons (Fsp3) is 0.375. The highest BCUT2D eigenvalue weighted by molar-refractivity contribution is 9.10. The van der Waals surface area contributed by atoms with Crippen LogP contribution in [0.15, 0.2) is 22.8 Å². The largest absolute Gasteiger partial charge is 0.493 e. The Morgan fingerprint density at radius 1 is 1.17 bits per heavy atom. The Hall–Kier alpha value is -2.02. The molecule has 0 spiro atoms. The minimum absolute atomic E-state index is 0.169. The number of hydrogen-bond acceptors (Lipinski definition) is 6. The molecule has 0 atom stereocenters. The maximum absolute atomic E-state index is 5.90. The van der Waals surface area contributed by atoms with Gasteiger partial charge in [-0.15, -0.1) is 0 Å². The molecule has 1 aromatic heterocycles. The smallest absolute Gasteiger partial charge is 0.221 e. The van der Waals surface area contributed by atoms with Gasteiger partial charge in [-0.05, 0) is 24.1 Å². The lowest BCUT2D eigenvalue weighted by Gasteiger charge is -2.14. The lowest BCUT2D eigenvalue weighted by molar-refractivity contribution is 0.288. The summed E-state index contributed by atoms with van der Waals surface area (Å²) in [5, 5.41) is 0. The van der Waals surface area contributed by atoms with E-state index in [-0.39, 0.29) is 5.95 Å². The lowest BCUT2D eigenvalue weighted by atomic mass is 10.1. The molecule has 0 bridgehead atoms. The molecule has 2 rings (SSSR count). The molecule has 2 aromatic rings. The van der Waals surface area contributed by atoms with Crippen molar-refractivity contribution in [1.29, 1.82) is 0 Å². The van der Waals surface area contributed by atoms with Crippen LogP contribution in [-0.4, -0.2) is 23.7 Å². The molecule has 1 heterocycles. The maximum atomic E-state index is 5.90. The molecule has 0 aliphatic carbocycles. The molecular weight excluding hydrogens is 360 g/mol. The molecule has 0 saturated heterocycles. The molecule has 0 aliphatic rings. The summed E-state index contributed by atoms with van der Waals surface area (Å²) in [7, 11) is 1.63. The average molecular weight is 381 g/mol. The van der Waals surface area contributed by atoms with Gasteiger partial charge >= 0.3 is 0 Å². The maximum Gasteiger partial charge on any atom is 0.221 e. The third-order valence-electron chi connectivity index (χ3n) is 3.39. The van der Waals surface area contributed by atoms with Crippen molar-refractivity contribution in [2.24, 2.45) is 0 Å². The van der Waals surface area contributed by atoms with Crippen molar-refractivity contribution in [1.82, 2.24) is 9.97 Å². The third kappa shape index (κ3) is 4.48. The van der Waals surface area contributed by atoms with Gasteiger partial charge in [0, 0.05) is 22.7 Å². The van der Waals surface area contributed by atoms with Gasteiger partial charge in [0.1, 0.15) is 5.82 Å². The Morgan fingerprint density at radius 2 is 1.96 bits per heavy atom. The van der Waals surface area contributed by atoms with E-state index in [4.69, 9.17) is 20.9 Å². The first-order chi connectivity index (χ1) is 11.0. The van der Waals surface area contributed by atoms with E-state index in [2.05, 4.69) is 32.8 Å². The van der Waals surface area contributed by atoms with Crippen LogP contribution < -0.4 is 20.9 Å². The number of methoxy groups -OCH3 is 1. The number of unbranched alkanes of at least 4 members (excludes halogenated alkanes) is 1. The molecule has 1 aromatic carbocycles. The normalized spacial score (nSPS) is 10.6. The van der Waals surface area contributed by atoms with Crippen LogP contribution in [0.1, 0.15) is 30.9 Å². The minimum Gasteiger partial charge on any atom is -0.493 e. The zero-order valence-corrected chi connectivity index (χ0v) is 14.9. The Morgan fingerprint density at radius 3 is 2.61 bits per heavy atom. The quantitative estimate of drug-likeness (QED) is 0.715. The summed E-state index contributed by atoms with van der Waals surface area (Å²) in [5.74, 6) is 1.96. The van der Waals surface area contributed by atoms with Gasteiger partial charge in [0.15, 0.2) is 11.5 Å². The molecule has 0 fully saturated rings. The highest BCUT2D eigenvalue weighted by Gasteiger charge is 2.13. The zero-order chi connectivity index (χ0) is 16.8. The van der Waals surface area contributed by atoms with E-state index in [1.54, 1.807) is 13.3 Å². The Balaban J connectivity index is 2.25. The average Bonchev–Trinajstić information content (AvgIpc) is 2.52. The molecular formula is C16H21BrN4O2. The van der Waals surface area contributed by atoms with Gasteiger partial charge in [-0.25, -0.2) is 4.98 Å². The molecule has 4 N–H and O–H groups in total. The molecule has 0 aliphatic heterocycles. The van der Waals surface area contributed by atoms with E-state index < -0.39 is 0 Å². The number of benzene rings is 1. The van der Waals surface area contributed by atoms with Gasteiger partial charge in [-0.1, -0.05) is 29.3 Å². The van der Waals surface area contributed by atoms with Crippen molar-refractivity contribution in [3.63, 3.8) is 0 Å². The fourth-order valence-corrected chi connectivity index (χ4v) is 2.55. The number of rotatable bonds is 7. The molecule has 0 amide bonds. The van der Waals surface area contributed by atoms with Crippen molar-refractivity contribution in [3.05, 3.63) is 33.9 Å². The van der Waals surface area contributed by atoms with Crippen molar-refractivity contribution < 1.29 is 9.47 Å². The molecule has 0 saturated carbocycles. The van der Waals surface area contributed by atoms with Crippen molar-refractivity contribution >= 4 is 27.7 Å². The second-order valence-electron chi connectivity index (χ2n) is 5.11. The number of nitrogens with two attached hydrogens (primary N) is 2. The third-order valence-corrected chi connectivity index (χ3v) is 4.12. The molecule has 6 nitrogen and oxygen atoms in total. The van der Waals surface area contributed by atoms with Gasteiger partial charge in [0.2, 0.25) is 5.95 Å². The second-order valence-corrected chi connectivity index (χ2v) is 5.97. The summed E-state index contributed by atoms with van der Waals surface area (Å²) in [6.45, 7) is 2.79. The highest BCUT2D eigenvalue weighted by atomic mass is 79.9. The number of nitrogens with zero attached hydrogens (tertiary/aromatic N) is 2. The summed E-state index contributed by atoms with van der Waals surface area (Å²) in [4.78, 5) is 7.97. The molecule has 23 heavy (non-hydrogen) atoms. The van der Waals surface area contributed by atoms with Crippen molar-refractivity contribution in [3.8, 4) is 11.5 Å². The topological polar surface area (TPSA) is 96.3 Å². The Labute approximate surface area is 144 Å². The summed E-state index contributed by atoms with van der Waals surface area (Å²) >= 11 is 3.57. The van der Waals surface area contributed by atoms with Gasteiger partial charge in [-0.3, -0.25) is 0 Å². The number of aromatic nitrogens is 2. The number of hydrogen-bond donors (Lipinski definition) is 2. The van der Waals surface area contributed by atoms with Gasteiger partial charge < -0.3 is 20.9 Å². The van der Waals surface area contributed by atoms with Crippen LogP contribution in [0.3, 0.4) is 0 Å². The zero-order valence-electron chi connectivity index (χ0n) is 13.3. The first-order valence-electron chi connectivity index (χ1n) is 7.41. The predicted octanol–water partition coefficient (Wildman–Crippen LogP) is 3.18. The van der Waals surface area contributed by atoms with Crippen LogP contribution in [0.2, 0.25) is 0 Å². The molecule has 0 radical (unpaired) electrons. The van der Waals surface area contributed by atoms with Crippen LogP contribution >= 0.6 is 15.9 Å². The molecule has 0 unspecified atom stereocenters. The van der Waals surface area contributed by atoms with Gasteiger partial charge in [0.05, 0.1) is 13.7 Å². The van der Waals surface area contributed by atoms with Crippen LogP contribution in [-0.2, 0) is 6.42 Å². The van der Waals surface area contributed by atoms with E-state index in [0.717, 1.165) is 34.2 Å². The Kier molecular flexibility index (Phi) is 6.04. The molecule has 7 heteroatoms. The Bertz CT molecular complexity index is 679. The standard InChI is InChI=1S/C16H21BrN4O2/c1-3-4-5-23-14-8-12(17)10(7-13(14)22-2)6-11-9-20-16(19)21-15(11)18/h7-9H,3-6H2,1-2H3,(H4,18,19,20,21). The summed E-state index contributed by atoms with van der Waals surface area (Å²) in [6.07, 6.45) is 4.29. The van der Waals surface area contributed by atoms with Crippen molar-refractivity contribution in [2.75, 3.05) is 25.2 Å². The lowest BCUT2D eigenvalue weighted by Crippen LogP contribution is -2.05. The SMILES string of the molecule is CCCCOc1cc(Br)c(Cc2cnc(N)nc2N)cc1OC. The van der Waals surface area contributed by atoms with E-state index in [9.17, 15) is 0 Å². The van der Waals surface area contributed by atoms with Crippen LogP contribution in [0.5, 0.6) is 11.5 Å². The summed E-state index contributed by atoms with van der Waals surface area (Å²) in [5.41, 5.74) is 13.2. The van der Waals surface area contributed by atoms with Crippen LogP contribution in [0.4, 0.5) is 11.8 Å². The monoisotopic (exact) mass is 380 g/mol. The number of anilines is 2. The van der Waals surface area contributed by atoms with E-state index >= 15 is 0 Å². The summed E-state index contributed by atoms with van der Waals surface area (Å²) < 4.78 is 12.1. The van der Waals surface area contributed by atoms with E-state index in [1.807, 2.05) is 12.1 Å². The van der Waals surface area contributed by atoms with Crippen LogP contribution in [0, 0.1) is 0 Å². The summed E-state index contributed by atoms with van der Waals surface area (Å²) in [6, 6.07) is 3.85. The highest BCUT2D eigenvalue weighted by Crippen LogP contribution is 2.35. The van der Waals surface area contributed by atoms with Gasteiger partial charge in [0.25, 0.3) is 0 Å². The van der Waals surface area contributed by atoms with Crippen LogP contribution in [0.25, 0.3) is 0 Å². The van der Waals surface area contributed by atoms with Gasteiger partial charge in [-0.2, -0.15) is 4.98 Å². The fourth-order valence-electron chi connectivity index (χ4n) is 2.09. The predicted molar refractivity (Wildman–Crippen MR) is 94.8 cm³/mol. The first-order valence-corrected chi connectivity index (χ1v) is 8.20. The number of halogens is 1. The number of nitrogen functional groups attached to an aromatic ring is 2. The second kappa shape index (κ2) is 8.01. The first kappa shape index (κ1) is 17.3. The van der Waals surface area contributed by atoms with Crippen molar-refractivity contribution in [2.45, 2.75) is 26.2 Å². The molecule has 124 valence electrons. The van der Waals surface area contributed by atoms with E-state index in [0.29, 0.717) is 24.6 Å². The minimum atomic E-state index is 0.169.